The third-order valence-corrected chi connectivity index (χ3v) is 4.98. The van der Waals surface area contributed by atoms with Crippen molar-refractivity contribution in [2.24, 2.45) is 28.1 Å². The Kier molecular flexibility index (Phi) is 7.91. The molecule has 2 atom stereocenters. The molecular weight excluding hydrogens is 274 g/mol. The number of hydrogen-bond acceptors (Lipinski definition) is 2. The number of nitrogens with one attached hydrogen (secondary N) is 1. The molecule has 1 fully saturated rings. The van der Waals surface area contributed by atoms with Gasteiger partial charge >= 0.3 is 6.03 Å². The smallest absolute Gasteiger partial charge is 0.332 e. The Morgan fingerprint density at radius 3 is 2.55 bits per heavy atom. The van der Waals surface area contributed by atoms with E-state index in [1.54, 1.807) is 0 Å². The normalized spacial score (nSPS) is 24.5. The first kappa shape index (κ1) is 19.0. The fraction of sp³-hybridized carbons (Fsp3) is 0.889. The second-order valence-electron chi connectivity index (χ2n) is 7.82. The van der Waals surface area contributed by atoms with Crippen LogP contribution >= 0.6 is 0 Å². The number of rotatable bonds is 7. The molecule has 4 nitrogen and oxygen atoms in total. The second kappa shape index (κ2) is 9.16. The highest BCUT2D eigenvalue weighted by atomic mass is 16.2. The van der Waals surface area contributed by atoms with Crippen LogP contribution in [0.25, 0.3) is 0 Å². The van der Waals surface area contributed by atoms with Gasteiger partial charge in [0.1, 0.15) is 0 Å². The van der Waals surface area contributed by atoms with Crippen LogP contribution in [0.4, 0.5) is 4.79 Å². The molecule has 0 unspecified atom stereocenters. The van der Waals surface area contributed by atoms with Gasteiger partial charge in [0.15, 0.2) is 0 Å². The summed E-state index contributed by atoms with van der Waals surface area (Å²) in [6.45, 7) is 9.24. The van der Waals surface area contributed by atoms with Gasteiger partial charge in [-0.05, 0) is 42.9 Å². The number of carbonyl (C=O) groups excluding carboxylic acids is 1. The molecule has 0 aromatic carbocycles. The standard InChI is InChI=1S/C18H35N3O/c1-5-6-7-8-9-10-14-13-15(18(2,3)4)11-12-16(14)20-21-17(19)22/h14-15H,5-13H2,1-4H3,(H3,19,21,22)/b20-16-/t14-,15-/m1/s1. The Morgan fingerprint density at radius 2 is 1.95 bits per heavy atom. The predicted molar refractivity (Wildman–Crippen MR) is 93.8 cm³/mol. The van der Waals surface area contributed by atoms with E-state index in [-0.39, 0.29) is 0 Å². The van der Waals surface area contributed by atoms with E-state index in [4.69, 9.17) is 5.73 Å². The van der Waals surface area contributed by atoms with Crippen LogP contribution in [0.1, 0.15) is 85.5 Å². The fourth-order valence-corrected chi connectivity index (χ4v) is 3.46. The molecule has 3 N–H and O–H groups in total. The van der Waals surface area contributed by atoms with Crippen molar-refractivity contribution in [3.05, 3.63) is 0 Å². The van der Waals surface area contributed by atoms with Crippen LogP contribution in [-0.2, 0) is 0 Å². The first-order valence-electron chi connectivity index (χ1n) is 8.96. The zero-order valence-electron chi connectivity index (χ0n) is 15.0. The number of amides is 2. The lowest BCUT2D eigenvalue weighted by Crippen LogP contribution is -2.34. The SMILES string of the molecule is CCCCCCC[C@@H]1C[C@H](C(C)(C)C)CC/C1=N/NC(N)=O. The van der Waals surface area contributed by atoms with Gasteiger partial charge in [-0.25, -0.2) is 10.2 Å². The summed E-state index contributed by atoms with van der Waals surface area (Å²) in [5.41, 5.74) is 9.08. The minimum Gasteiger partial charge on any atom is -0.350 e. The molecule has 1 aliphatic rings. The van der Waals surface area contributed by atoms with Crippen LogP contribution in [0, 0.1) is 17.3 Å². The van der Waals surface area contributed by atoms with E-state index in [0.717, 1.165) is 24.5 Å². The van der Waals surface area contributed by atoms with Gasteiger partial charge in [0.05, 0.1) is 0 Å². The number of carbonyl (C=O) groups is 1. The molecule has 1 rings (SSSR count). The van der Waals surface area contributed by atoms with Crippen molar-refractivity contribution >= 4 is 11.7 Å². The molecule has 128 valence electrons. The van der Waals surface area contributed by atoms with E-state index in [1.807, 2.05) is 0 Å². The van der Waals surface area contributed by atoms with Crippen LogP contribution in [0.2, 0.25) is 0 Å². The first-order chi connectivity index (χ1) is 10.3. The van der Waals surface area contributed by atoms with Gasteiger partial charge in [-0.1, -0.05) is 59.8 Å². The van der Waals surface area contributed by atoms with E-state index in [9.17, 15) is 4.79 Å². The topological polar surface area (TPSA) is 67.5 Å². The van der Waals surface area contributed by atoms with E-state index in [1.165, 1.54) is 44.9 Å². The van der Waals surface area contributed by atoms with E-state index in [0.29, 0.717) is 11.3 Å². The van der Waals surface area contributed by atoms with E-state index < -0.39 is 6.03 Å². The maximum absolute atomic E-state index is 10.9. The molecule has 2 amide bonds. The lowest BCUT2D eigenvalue weighted by molar-refractivity contribution is 0.182. The highest BCUT2D eigenvalue weighted by molar-refractivity contribution is 5.88. The van der Waals surface area contributed by atoms with Crippen molar-refractivity contribution in [2.45, 2.75) is 85.5 Å². The van der Waals surface area contributed by atoms with Crippen molar-refractivity contribution in [1.29, 1.82) is 0 Å². The third kappa shape index (κ3) is 6.80. The average Bonchev–Trinajstić information content (AvgIpc) is 2.44. The molecule has 0 aliphatic heterocycles. The minimum atomic E-state index is -0.563. The van der Waals surface area contributed by atoms with Gasteiger partial charge in [-0.3, -0.25) is 0 Å². The number of urea groups is 1. The molecule has 0 aromatic heterocycles. The monoisotopic (exact) mass is 309 g/mol. The number of nitrogens with zero attached hydrogens (tertiary/aromatic N) is 1. The highest BCUT2D eigenvalue weighted by Gasteiger charge is 2.33. The van der Waals surface area contributed by atoms with Crippen LogP contribution in [0.3, 0.4) is 0 Å². The van der Waals surface area contributed by atoms with Crippen molar-refractivity contribution < 1.29 is 4.79 Å². The lowest BCUT2D eigenvalue weighted by atomic mass is 9.67. The molecule has 0 bridgehead atoms. The number of unbranched alkanes of at least 4 members (excludes halogenated alkanes) is 4. The van der Waals surface area contributed by atoms with Gasteiger partial charge in [0.25, 0.3) is 0 Å². The lowest BCUT2D eigenvalue weighted by Gasteiger charge is -2.38. The fourth-order valence-electron chi connectivity index (χ4n) is 3.46. The molecule has 1 saturated carbocycles. The van der Waals surface area contributed by atoms with Crippen molar-refractivity contribution in [3.8, 4) is 0 Å². The van der Waals surface area contributed by atoms with Gasteiger partial charge in [-0.2, -0.15) is 5.10 Å². The predicted octanol–water partition coefficient (Wildman–Crippen LogP) is 4.83. The molecule has 4 heteroatoms. The molecule has 1 aliphatic carbocycles. The van der Waals surface area contributed by atoms with Crippen molar-refractivity contribution in [1.82, 2.24) is 5.43 Å². The Bertz CT molecular complexity index is 371. The van der Waals surface area contributed by atoms with Gasteiger partial charge in [-0.15, -0.1) is 0 Å². The molecule has 22 heavy (non-hydrogen) atoms. The van der Waals surface area contributed by atoms with Crippen LogP contribution in [-0.4, -0.2) is 11.7 Å². The summed E-state index contributed by atoms with van der Waals surface area (Å²) in [6, 6.07) is -0.563. The van der Waals surface area contributed by atoms with Crippen LogP contribution < -0.4 is 11.2 Å². The quantitative estimate of drug-likeness (QED) is 0.513. The number of hydrazone groups is 1. The third-order valence-electron chi connectivity index (χ3n) is 4.98. The summed E-state index contributed by atoms with van der Waals surface area (Å²) < 4.78 is 0. The molecule has 0 heterocycles. The summed E-state index contributed by atoms with van der Waals surface area (Å²) >= 11 is 0. The summed E-state index contributed by atoms with van der Waals surface area (Å²) in [5.74, 6) is 1.24. The number of primary amides is 1. The summed E-state index contributed by atoms with van der Waals surface area (Å²) in [5, 5.41) is 4.29. The summed E-state index contributed by atoms with van der Waals surface area (Å²) in [6.07, 6.45) is 11.0. The molecule has 0 aromatic rings. The summed E-state index contributed by atoms with van der Waals surface area (Å²) in [4.78, 5) is 10.9. The molecule has 0 saturated heterocycles. The maximum atomic E-state index is 10.9. The number of nitrogens with two attached hydrogens (primary N) is 1. The Balaban J connectivity index is 2.59. The first-order valence-corrected chi connectivity index (χ1v) is 8.96. The van der Waals surface area contributed by atoms with Gasteiger partial charge < -0.3 is 5.73 Å². The molecular formula is C18H35N3O. The Labute approximate surface area is 136 Å². The van der Waals surface area contributed by atoms with Crippen molar-refractivity contribution in [2.75, 3.05) is 0 Å². The molecule has 0 spiro atoms. The highest BCUT2D eigenvalue weighted by Crippen LogP contribution is 2.40. The minimum absolute atomic E-state index is 0.350. The van der Waals surface area contributed by atoms with Crippen LogP contribution in [0.5, 0.6) is 0 Å². The summed E-state index contributed by atoms with van der Waals surface area (Å²) in [7, 11) is 0. The van der Waals surface area contributed by atoms with Crippen molar-refractivity contribution in [3.63, 3.8) is 0 Å². The van der Waals surface area contributed by atoms with E-state index in [2.05, 4.69) is 38.2 Å². The zero-order chi connectivity index (χ0) is 16.6. The van der Waals surface area contributed by atoms with Gasteiger partial charge in [0.2, 0.25) is 0 Å². The maximum Gasteiger partial charge on any atom is 0.332 e. The Hall–Kier alpha value is -1.06. The Morgan fingerprint density at radius 1 is 1.27 bits per heavy atom. The zero-order valence-corrected chi connectivity index (χ0v) is 15.0. The second-order valence-corrected chi connectivity index (χ2v) is 7.82. The average molecular weight is 309 g/mol. The molecule has 0 radical (unpaired) electrons. The van der Waals surface area contributed by atoms with Gasteiger partial charge in [0, 0.05) is 5.71 Å². The van der Waals surface area contributed by atoms with Crippen LogP contribution in [0.15, 0.2) is 5.10 Å². The van der Waals surface area contributed by atoms with E-state index >= 15 is 0 Å². The largest absolute Gasteiger partial charge is 0.350 e. The number of hydrogen-bond donors (Lipinski definition) is 2.